The summed E-state index contributed by atoms with van der Waals surface area (Å²) in [5.41, 5.74) is 1.61. The summed E-state index contributed by atoms with van der Waals surface area (Å²) < 4.78 is 16.4. The SMILES string of the molecule is CC1C(=O)c2cccc(C(=O)OCC3CO3)c2OC1c1ccccc1. The van der Waals surface area contributed by atoms with Crippen LogP contribution in [0.5, 0.6) is 5.75 Å². The maximum Gasteiger partial charge on any atom is 0.342 e. The lowest BCUT2D eigenvalue weighted by molar-refractivity contribution is 0.0459. The Morgan fingerprint density at radius 2 is 1.92 bits per heavy atom. The third-order valence-corrected chi connectivity index (χ3v) is 4.54. The van der Waals surface area contributed by atoms with Gasteiger partial charge in [0.1, 0.15) is 30.1 Å². The normalized spacial score (nSPS) is 24.2. The maximum atomic E-state index is 12.8. The largest absolute Gasteiger partial charge is 0.483 e. The number of hydrogen-bond acceptors (Lipinski definition) is 5. The molecule has 2 aliphatic heterocycles. The molecule has 3 unspecified atom stereocenters. The fourth-order valence-corrected chi connectivity index (χ4v) is 3.04. The first kappa shape index (κ1) is 15.8. The lowest BCUT2D eigenvalue weighted by Crippen LogP contribution is -2.30. The zero-order chi connectivity index (χ0) is 17.4. The lowest BCUT2D eigenvalue weighted by atomic mass is 9.86. The van der Waals surface area contributed by atoms with Crippen LogP contribution in [0.1, 0.15) is 39.3 Å². The van der Waals surface area contributed by atoms with E-state index in [4.69, 9.17) is 14.2 Å². The number of fused-ring (bicyclic) bond motifs is 1. The number of esters is 1. The van der Waals surface area contributed by atoms with Gasteiger partial charge in [-0.1, -0.05) is 43.3 Å². The fourth-order valence-electron chi connectivity index (χ4n) is 3.04. The molecule has 25 heavy (non-hydrogen) atoms. The van der Waals surface area contributed by atoms with Crippen LogP contribution in [-0.4, -0.2) is 31.1 Å². The van der Waals surface area contributed by atoms with Gasteiger partial charge in [0.2, 0.25) is 0 Å². The topological polar surface area (TPSA) is 65.1 Å². The predicted octanol–water partition coefficient (Wildman–Crippen LogP) is 3.19. The highest BCUT2D eigenvalue weighted by molar-refractivity contribution is 6.05. The van der Waals surface area contributed by atoms with Crippen LogP contribution >= 0.6 is 0 Å². The van der Waals surface area contributed by atoms with Gasteiger partial charge in [0.15, 0.2) is 5.78 Å². The molecule has 2 heterocycles. The van der Waals surface area contributed by atoms with Crippen LogP contribution in [0, 0.1) is 5.92 Å². The highest BCUT2D eigenvalue weighted by Crippen LogP contribution is 2.40. The van der Waals surface area contributed by atoms with Crippen molar-refractivity contribution >= 4 is 11.8 Å². The van der Waals surface area contributed by atoms with Gasteiger partial charge in [0.25, 0.3) is 0 Å². The molecule has 3 atom stereocenters. The van der Waals surface area contributed by atoms with E-state index in [-0.39, 0.29) is 30.0 Å². The Morgan fingerprint density at radius 1 is 1.16 bits per heavy atom. The quantitative estimate of drug-likeness (QED) is 0.633. The zero-order valence-electron chi connectivity index (χ0n) is 13.8. The fraction of sp³-hybridized carbons (Fsp3) is 0.300. The van der Waals surface area contributed by atoms with E-state index < -0.39 is 12.1 Å². The van der Waals surface area contributed by atoms with Crippen LogP contribution in [0.2, 0.25) is 0 Å². The van der Waals surface area contributed by atoms with Crippen molar-refractivity contribution in [1.29, 1.82) is 0 Å². The van der Waals surface area contributed by atoms with Gasteiger partial charge in [0, 0.05) is 0 Å². The number of rotatable bonds is 4. The van der Waals surface area contributed by atoms with E-state index in [0.29, 0.717) is 17.9 Å². The number of benzene rings is 2. The molecule has 1 fully saturated rings. The first-order valence-electron chi connectivity index (χ1n) is 8.32. The number of ketones is 1. The molecule has 2 aromatic rings. The van der Waals surface area contributed by atoms with Crippen molar-refractivity contribution in [3.63, 3.8) is 0 Å². The molecule has 0 bridgehead atoms. The van der Waals surface area contributed by atoms with Crippen LogP contribution in [0.3, 0.4) is 0 Å². The Hall–Kier alpha value is -2.66. The summed E-state index contributed by atoms with van der Waals surface area (Å²) in [5, 5.41) is 0. The average molecular weight is 338 g/mol. The summed E-state index contributed by atoms with van der Waals surface area (Å²) in [6.45, 7) is 2.68. The minimum atomic E-state index is -0.499. The number of carbonyl (C=O) groups is 2. The van der Waals surface area contributed by atoms with Gasteiger partial charge in [-0.3, -0.25) is 4.79 Å². The smallest absolute Gasteiger partial charge is 0.342 e. The number of carbonyl (C=O) groups excluding carboxylic acids is 2. The number of Topliss-reactive ketones (excluding diaryl/α,β-unsaturated/α-hetero) is 1. The second kappa shape index (κ2) is 6.33. The highest BCUT2D eigenvalue weighted by Gasteiger charge is 2.37. The number of ether oxygens (including phenoxy) is 3. The predicted molar refractivity (Wildman–Crippen MR) is 89.8 cm³/mol. The van der Waals surface area contributed by atoms with Crippen LogP contribution in [-0.2, 0) is 9.47 Å². The standard InChI is InChI=1S/C20H18O5/c1-12-17(21)15-8-5-9-16(20(22)24-11-14-10-23-14)19(15)25-18(12)13-6-3-2-4-7-13/h2-9,12,14,18H,10-11H2,1H3. The van der Waals surface area contributed by atoms with Crippen molar-refractivity contribution in [2.45, 2.75) is 19.1 Å². The van der Waals surface area contributed by atoms with Gasteiger partial charge in [-0.25, -0.2) is 4.79 Å². The monoisotopic (exact) mass is 338 g/mol. The third-order valence-electron chi connectivity index (χ3n) is 4.54. The van der Waals surface area contributed by atoms with E-state index in [0.717, 1.165) is 5.56 Å². The number of epoxide rings is 1. The maximum absolute atomic E-state index is 12.8. The average Bonchev–Trinajstić information content (AvgIpc) is 3.47. The van der Waals surface area contributed by atoms with Gasteiger partial charge in [-0.15, -0.1) is 0 Å². The molecule has 2 aliphatic rings. The van der Waals surface area contributed by atoms with Crippen molar-refractivity contribution in [2.75, 3.05) is 13.2 Å². The molecule has 0 saturated carbocycles. The summed E-state index contributed by atoms with van der Waals surface area (Å²) in [6.07, 6.45) is -0.440. The van der Waals surface area contributed by atoms with Crippen molar-refractivity contribution in [3.05, 3.63) is 65.2 Å². The number of hydrogen-bond donors (Lipinski definition) is 0. The molecular weight excluding hydrogens is 320 g/mol. The highest BCUT2D eigenvalue weighted by atomic mass is 16.6. The Balaban J connectivity index is 1.67. The molecule has 128 valence electrons. The van der Waals surface area contributed by atoms with Gasteiger partial charge in [-0.2, -0.15) is 0 Å². The van der Waals surface area contributed by atoms with Gasteiger partial charge in [-0.05, 0) is 17.7 Å². The second-order valence-corrected chi connectivity index (χ2v) is 6.34. The minimum absolute atomic E-state index is 0.0110. The van der Waals surface area contributed by atoms with Crippen molar-refractivity contribution in [3.8, 4) is 5.75 Å². The van der Waals surface area contributed by atoms with Crippen molar-refractivity contribution in [1.82, 2.24) is 0 Å². The molecule has 0 N–H and O–H groups in total. The van der Waals surface area contributed by atoms with Crippen LogP contribution in [0.4, 0.5) is 0 Å². The Bertz CT molecular complexity index is 810. The Morgan fingerprint density at radius 3 is 2.64 bits per heavy atom. The molecule has 2 aromatic carbocycles. The summed E-state index contributed by atoms with van der Waals surface area (Å²) in [5.74, 6) is -0.556. The molecule has 1 saturated heterocycles. The minimum Gasteiger partial charge on any atom is -0.483 e. The van der Waals surface area contributed by atoms with E-state index in [1.165, 1.54) is 0 Å². The molecule has 0 spiro atoms. The molecule has 4 rings (SSSR count). The van der Waals surface area contributed by atoms with Crippen LogP contribution in [0.25, 0.3) is 0 Å². The molecular formula is C20H18O5. The first-order chi connectivity index (χ1) is 12.1. The van der Waals surface area contributed by atoms with Crippen LogP contribution < -0.4 is 4.74 Å². The summed E-state index contributed by atoms with van der Waals surface area (Å²) in [6, 6.07) is 14.6. The Kier molecular flexibility index (Phi) is 4.01. The summed E-state index contributed by atoms with van der Waals surface area (Å²) in [4.78, 5) is 25.2. The van der Waals surface area contributed by atoms with E-state index in [2.05, 4.69) is 0 Å². The van der Waals surface area contributed by atoms with Crippen molar-refractivity contribution < 1.29 is 23.8 Å². The van der Waals surface area contributed by atoms with E-state index in [1.54, 1.807) is 18.2 Å². The molecule has 5 heteroatoms. The van der Waals surface area contributed by atoms with E-state index >= 15 is 0 Å². The van der Waals surface area contributed by atoms with E-state index in [1.807, 2.05) is 37.3 Å². The first-order valence-corrected chi connectivity index (χ1v) is 8.32. The second-order valence-electron chi connectivity index (χ2n) is 6.34. The molecule has 5 nitrogen and oxygen atoms in total. The molecule has 0 amide bonds. The lowest BCUT2D eigenvalue weighted by Gasteiger charge is -2.31. The molecule has 0 radical (unpaired) electrons. The zero-order valence-corrected chi connectivity index (χ0v) is 13.8. The van der Waals surface area contributed by atoms with Crippen molar-refractivity contribution in [2.24, 2.45) is 5.92 Å². The molecule has 0 aliphatic carbocycles. The Labute approximate surface area is 145 Å². The molecule has 0 aromatic heterocycles. The number of para-hydroxylation sites is 1. The van der Waals surface area contributed by atoms with Crippen LogP contribution in [0.15, 0.2) is 48.5 Å². The van der Waals surface area contributed by atoms with Gasteiger partial charge >= 0.3 is 5.97 Å². The van der Waals surface area contributed by atoms with Gasteiger partial charge < -0.3 is 14.2 Å². The third kappa shape index (κ3) is 3.03. The summed E-state index contributed by atoms with van der Waals surface area (Å²) in [7, 11) is 0. The summed E-state index contributed by atoms with van der Waals surface area (Å²) >= 11 is 0. The van der Waals surface area contributed by atoms with Gasteiger partial charge in [0.05, 0.1) is 18.1 Å². The van der Waals surface area contributed by atoms with E-state index in [9.17, 15) is 9.59 Å².